The first-order valence-electron chi connectivity index (χ1n) is 11.7. The van der Waals surface area contributed by atoms with Crippen LogP contribution >= 0.6 is 0 Å². The fraction of sp³-hybridized carbons (Fsp3) is 0.720. The topological polar surface area (TPSA) is 48.0 Å². The van der Waals surface area contributed by atoms with Crippen molar-refractivity contribution >= 4 is 5.91 Å². The molecule has 0 spiro atoms. The first-order valence-corrected chi connectivity index (χ1v) is 11.7. The van der Waals surface area contributed by atoms with E-state index >= 15 is 0 Å². The summed E-state index contributed by atoms with van der Waals surface area (Å²) >= 11 is 0. The van der Waals surface area contributed by atoms with Crippen LogP contribution < -0.4 is 14.2 Å². The molecular formula is C25H35NO4. The van der Waals surface area contributed by atoms with Crippen molar-refractivity contribution in [1.82, 2.24) is 4.90 Å². The molecule has 4 bridgehead atoms. The lowest BCUT2D eigenvalue weighted by atomic mass is 9.47. The van der Waals surface area contributed by atoms with Crippen LogP contribution in [0, 0.1) is 23.2 Å². The van der Waals surface area contributed by atoms with Gasteiger partial charge in [0.05, 0.1) is 21.3 Å². The van der Waals surface area contributed by atoms with Crippen LogP contribution in [0.5, 0.6) is 17.2 Å². The Balaban J connectivity index is 1.47. The van der Waals surface area contributed by atoms with Crippen LogP contribution in [-0.2, 0) is 0 Å². The number of carbonyl (C=O) groups is 1. The number of rotatable bonds is 5. The molecule has 1 atom stereocenters. The predicted molar refractivity (Wildman–Crippen MR) is 115 cm³/mol. The summed E-state index contributed by atoms with van der Waals surface area (Å²) in [5.74, 6) is 4.44. The Labute approximate surface area is 180 Å². The Morgan fingerprint density at radius 1 is 0.900 bits per heavy atom. The van der Waals surface area contributed by atoms with Crippen LogP contribution in [0.3, 0.4) is 0 Å². The second kappa shape index (κ2) is 7.65. The third-order valence-corrected chi connectivity index (χ3v) is 8.47. The number of hydrogen-bond donors (Lipinski definition) is 0. The van der Waals surface area contributed by atoms with E-state index in [1.807, 2.05) is 12.1 Å². The number of ether oxygens (including phenoxy) is 3. The highest BCUT2D eigenvalue weighted by Crippen LogP contribution is 2.63. The molecule has 5 heteroatoms. The molecule has 6 rings (SSSR count). The fourth-order valence-electron chi connectivity index (χ4n) is 7.77. The maximum Gasteiger partial charge on any atom is 0.254 e. The average Bonchev–Trinajstić information content (AvgIpc) is 2.76. The summed E-state index contributed by atoms with van der Waals surface area (Å²) in [6, 6.07) is 4.01. The summed E-state index contributed by atoms with van der Waals surface area (Å²) in [4.78, 5) is 16.0. The van der Waals surface area contributed by atoms with Crippen molar-refractivity contribution in [1.29, 1.82) is 0 Å². The second-order valence-corrected chi connectivity index (χ2v) is 10.2. The normalized spacial score (nSPS) is 34.7. The Hall–Kier alpha value is -1.91. The van der Waals surface area contributed by atoms with E-state index in [1.165, 1.54) is 44.9 Å². The summed E-state index contributed by atoms with van der Waals surface area (Å²) in [5.41, 5.74) is 0.993. The molecule has 0 radical (unpaired) electrons. The molecular weight excluding hydrogens is 378 g/mol. The molecule has 164 valence electrons. The Kier molecular flexibility index (Phi) is 5.11. The van der Waals surface area contributed by atoms with Gasteiger partial charge in [0.25, 0.3) is 5.91 Å². The van der Waals surface area contributed by atoms with Crippen molar-refractivity contribution in [2.24, 2.45) is 23.2 Å². The standard InChI is InChI=1S/C25H35NO4/c1-28-20-11-19(12-21(29-2)23(20)30-3)24(27)26-7-5-4-6-22(26)25-13-16-8-17(14-25)10-18(9-16)15-25/h11-12,16-18,22H,4-10,13-15H2,1-3H3/t16?,17?,18?,22-,25?/m1/s1. The van der Waals surface area contributed by atoms with Gasteiger partial charge in [-0.1, -0.05) is 0 Å². The quantitative estimate of drug-likeness (QED) is 0.687. The molecule has 0 aromatic heterocycles. The Morgan fingerprint density at radius 2 is 1.47 bits per heavy atom. The van der Waals surface area contributed by atoms with Crippen LogP contribution in [0.25, 0.3) is 0 Å². The zero-order chi connectivity index (χ0) is 20.9. The number of methoxy groups -OCH3 is 3. The summed E-state index contributed by atoms with van der Waals surface area (Å²) in [5, 5.41) is 0. The fourth-order valence-corrected chi connectivity index (χ4v) is 7.77. The van der Waals surface area contributed by atoms with E-state index in [4.69, 9.17) is 14.2 Å². The zero-order valence-corrected chi connectivity index (χ0v) is 18.6. The Bertz CT molecular complexity index is 759. The third kappa shape index (κ3) is 3.16. The average molecular weight is 414 g/mol. The second-order valence-electron chi connectivity index (χ2n) is 10.2. The third-order valence-electron chi connectivity index (χ3n) is 8.47. The van der Waals surface area contributed by atoms with Gasteiger partial charge in [-0.2, -0.15) is 0 Å². The van der Waals surface area contributed by atoms with Crippen LogP contribution in [0.4, 0.5) is 0 Å². The maximum absolute atomic E-state index is 13.8. The van der Waals surface area contributed by atoms with Crippen molar-refractivity contribution in [3.63, 3.8) is 0 Å². The largest absolute Gasteiger partial charge is 0.493 e. The molecule has 5 nitrogen and oxygen atoms in total. The predicted octanol–water partition coefficient (Wildman–Crippen LogP) is 4.92. The number of benzene rings is 1. The van der Waals surface area contributed by atoms with Crippen molar-refractivity contribution in [2.45, 2.75) is 63.8 Å². The minimum absolute atomic E-state index is 0.120. The molecule has 1 aromatic rings. The van der Waals surface area contributed by atoms with Gasteiger partial charge in [0, 0.05) is 18.2 Å². The highest BCUT2D eigenvalue weighted by atomic mass is 16.5. The van der Waals surface area contributed by atoms with E-state index in [-0.39, 0.29) is 5.91 Å². The number of carbonyl (C=O) groups excluding carboxylic acids is 1. The first-order chi connectivity index (χ1) is 14.6. The van der Waals surface area contributed by atoms with Gasteiger partial charge in [0.1, 0.15) is 0 Å². The molecule has 30 heavy (non-hydrogen) atoms. The van der Waals surface area contributed by atoms with Crippen molar-refractivity contribution in [3.8, 4) is 17.2 Å². The van der Waals surface area contributed by atoms with Gasteiger partial charge in [-0.15, -0.1) is 0 Å². The highest BCUT2D eigenvalue weighted by Gasteiger charge is 2.56. The summed E-state index contributed by atoms with van der Waals surface area (Å²) in [6.07, 6.45) is 11.8. The van der Waals surface area contributed by atoms with Gasteiger partial charge in [-0.25, -0.2) is 0 Å². The molecule has 1 heterocycles. The SMILES string of the molecule is COc1cc(C(=O)N2CCCC[C@@H]2C23CC4CC(CC(C4)C2)C3)cc(OC)c1OC. The monoisotopic (exact) mass is 413 g/mol. The summed E-state index contributed by atoms with van der Waals surface area (Å²) < 4.78 is 16.5. The molecule has 1 saturated heterocycles. The number of hydrogen-bond acceptors (Lipinski definition) is 4. The summed E-state index contributed by atoms with van der Waals surface area (Å²) in [6.45, 7) is 0.863. The van der Waals surface area contributed by atoms with Crippen LogP contribution in [0.2, 0.25) is 0 Å². The maximum atomic E-state index is 13.8. The number of piperidine rings is 1. The first kappa shape index (κ1) is 20.0. The number of likely N-dealkylation sites (tertiary alicyclic amines) is 1. The minimum Gasteiger partial charge on any atom is -0.493 e. The van der Waals surface area contributed by atoms with Gasteiger partial charge < -0.3 is 19.1 Å². The van der Waals surface area contributed by atoms with E-state index in [0.29, 0.717) is 34.3 Å². The lowest BCUT2D eigenvalue weighted by Gasteiger charge is -2.61. The molecule has 5 fully saturated rings. The van der Waals surface area contributed by atoms with E-state index in [2.05, 4.69) is 4.90 Å². The molecule has 5 aliphatic rings. The molecule has 1 amide bonds. The van der Waals surface area contributed by atoms with Crippen molar-refractivity contribution in [3.05, 3.63) is 17.7 Å². The lowest BCUT2D eigenvalue weighted by Crippen LogP contribution is -2.59. The van der Waals surface area contributed by atoms with E-state index in [9.17, 15) is 4.79 Å². The highest BCUT2D eigenvalue weighted by molar-refractivity contribution is 5.96. The van der Waals surface area contributed by atoms with Gasteiger partial charge in [0.2, 0.25) is 5.75 Å². The van der Waals surface area contributed by atoms with Gasteiger partial charge in [0.15, 0.2) is 11.5 Å². The molecule has 4 aliphatic carbocycles. The van der Waals surface area contributed by atoms with Crippen molar-refractivity contribution in [2.75, 3.05) is 27.9 Å². The smallest absolute Gasteiger partial charge is 0.254 e. The van der Waals surface area contributed by atoms with Crippen LogP contribution in [0.1, 0.15) is 68.1 Å². The van der Waals surface area contributed by atoms with Gasteiger partial charge >= 0.3 is 0 Å². The van der Waals surface area contributed by atoms with Crippen molar-refractivity contribution < 1.29 is 19.0 Å². The zero-order valence-electron chi connectivity index (χ0n) is 18.6. The summed E-state index contributed by atoms with van der Waals surface area (Å²) in [7, 11) is 4.80. The van der Waals surface area contributed by atoms with Gasteiger partial charge in [-0.3, -0.25) is 4.79 Å². The molecule has 4 saturated carbocycles. The van der Waals surface area contributed by atoms with Crippen LogP contribution in [-0.4, -0.2) is 44.7 Å². The van der Waals surface area contributed by atoms with Crippen LogP contribution in [0.15, 0.2) is 12.1 Å². The van der Waals surface area contributed by atoms with E-state index in [1.54, 1.807) is 21.3 Å². The molecule has 1 aromatic carbocycles. The Morgan fingerprint density at radius 3 is 1.97 bits per heavy atom. The molecule has 0 unspecified atom stereocenters. The number of nitrogens with zero attached hydrogens (tertiary/aromatic N) is 1. The van der Waals surface area contributed by atoms with E-state index < -0.39 is 0 Å². The molecule has 1 aliphatic heterocycles. The minimum atomic E-state index is 0.120. The lowest BCUT2D eigenvalue weighted by molar-refractivity contribution is -0.102. The number of amides is 1. The van der Waals surface area contributed by atoms with E-state index in [0.717, 1.165) is 37.1 Å². The van der Waals surface area contributed by atoms with Gasteiger partial charge in [-0.05, 0) is 93.1 Å². The molecule has 0 N–H and O–H groups in total.